The van der Waals surface area contributed by atoms with Crippen molar-refractivity contribution in [3.05, 3.63) is 29.8 Å². The third kappa shape index (κ3) is 2.86. The maximum Gasteiger partial charge on any atom is 0.0402 e. The molecule has 0 aromatic heterocycles. The number of rotatable bonds is 6. The van der Waals surface area contributed by atoms with Crippen LogP contribution in [0.1, 0.15) is 38.7 Å². The van der Waals surface area contributed by atoms with Crippen molar-refractivity contribution in [3.63, 3.8) is 0 Å². The smallest absolute Gasteiger partial charge is 0.0402 e. The number of hydrogen-bond acceptors (Lipinski definition) is 2. The van der Waals surface area contributed by atoms with Crippen LogP contribution in [0.15, 0.2) is 24.3 Å². The van der Waals surface area contributed by atoms with Crippen LogP contribution in [0, 0.1) is 0 Å². The Labute approximate surface area is 111 Å². The Kier molecular flexibility index (Phi) is 4.65. The van der Waals surface area contributed by atoms with Gasteiger partial charge in [0.1, 0.15) is 0 Å². The highest BCUT2D eigenvalue weighted by Gasteiger charge is 2.24. The summed E-state index contributed by atoms with van der Waals surface area (Å²) in [6.07, 6.45) is 4.98. The molecule has 100 valence electrons. The van der Waals surface area contributed by atoms with Gasteiger partial charge in [-0.2, -0.15) is 0 Å². The molecule has 0 saturated heterocycles. The molecule has 1 heterocycles. The fourth-order valence-electron chi connectivity index (χ4n) is 3.03. The van der Waals surface area contributed by atoms with E-state index in [1.54, 1.807) is 0 Å². The molecule has 0 fully saturated rings. The molecule has 0 spiro atoms. The summed E-state index contributed by atoms with van der Waals surface area (Å²) in [5.41, 5.74) is 2.98. The van der Waals surface area contributed by atoms with Gasteiger partial charge in [0.2, 0.25) is 0 Å². The molecule has 0 bridgehead atoms. The topological polar surface area (TPSA) is 15.3 Å². The van der Waals surface area contributed by atoms with Gasteiger partial charge < -0.3 is 10.2 Å². The molecule has 0 aliphatic carbocycles. The van der Waals surface area contributed by atoms with Gasteiger partial charge >= 0.3 is 0 Å². The zero-order chi connectivity index (χ0) is 13.0. The SMILES string of the molecule is CCC(CCCN1c2ccccc2CC1C)NC. The van der Waals surface area contributed by atoms with Gasteiger partial charge in [-0.3, -0.25) is 0 Å². The lowest BCUT2D eigenvalue weighted by molar-refractivity contribution is 0.485. The quantitative estimate of drug-likeness (QED) is 0.829. The molecule has 1 aromatic rings. The largest absolute Gasteiger partial charge is 0.368 e. The van der Waals surface area contributed by atoms with E-state index in [2.05, 4.69) is 55.4 Å². The normalized spacial score (nSPS) is 19.9. The zero-order valence-electron chi connectivity index (χ0n) is 11.9. The van der Waals surface area contributed by atoms with Crippen LogP contribution in [0.4, 0.5) is 5.69 Å². The van der Waals surface area contributed by atoms with Crippen LogP contribution in [-0.4, -0.2) is 25.7 Å². The molecule has 2 heteroatoms. The number of benzene rings is 1. The van der Waals surface area contributed by atoms with Crippen molar-refractivity contribution in [3.8, 4) is 0 Å². The van der Waals surface area contributed by atoms with E-state index in [1.165, 1.54) is 43.5 Å². The minimum atomic E-state index is 0.664. The molecular formula is C16H26N2. The van der Waals surface area contributed by atoms with Crippen LogP contribution in [0.3, 0.4) is 0 Å². The Balaban J connectivity index is 1.90. The molecule has 18 heavy (non-hydrogen) atoms. The summed E-state index contributed by atoms with van der Waals surface area (Å²) in [6, 6.07) is 10.2. The van der Waals surface area contributed by atoms with Gasteiger partial charge in [0, 0.05) is 24.3 Å². The molecule has 0 amide bonds. The minimum absolute atomic E-state index is 0.664. The second-order valence-electron chi connectivity index (χ2n) is 5.41. The second-order valence-corrected chi connectivity index (χ2v) is 5.41. The third-order valence-electron chi connectivity index (χ3n) is 4.20. The van der Waals surface area contributed by atoms with Crippen molar-refractivity contribution in [1.29, 1.82) is 0 Å². The van der Waals surface area contributed by atoms with Crippen molar-refractivity contribution < 1.29 is 0 Å². The van der Waals surface area contributed by atoms with Crippen LogP contribution < -0.4 is 10.2 Å². The molecule has 2 unspecified atom stereocenters. The number of anilines is 1. The first-order valence-electron chi connectivity index (χ1n) is 7.28. The molecule has 1 aliphatic rings. The van der Waals surface area contributed by atoms with Crippen LogP contribution in [-0.2, 0) is 6.42 Å². The van der Waals surface area contributed by atoms with Gasteiger partial charge in [-0.05, 0) is 51.3 Å². The van der Waals surface area contributed by atoms with Gasteiger partial charge in [0.25, 0.3) is 0 Å². The first-order valence-corrected chi connectivity index (χ1v) is 7.28. The van der Waals surface area contributed by atoms with E-state index in [9.17, 15) is 0 Å². The predicted molar refractivity (Wildman–Crippen MR) is 79.3 cm³/mol. The van der Waals surface area contributed by atoms with E-state index in [0.717, 1.165) is 0 Å². The third-order valence-corrected chi connectivity index (χ3v) is 4.20. The van der Waals surface area contributed by atoms with E-state index in [0.29, 0.717) is 12.1 Å². The average Bonchev–Trinajstić information content (AvgIpc) is 2.71. The summed E-state index contributed by atoms with van der Waals surface area (Å²) in [7, 11) is 2.07. The monoisotopic (exact) mass is 246 g/mol. The molecule has 0 saturated carbocycles. The van der Waals surface area contributed by atoms with Crippen molar-refractivity contribution >= 4 is 5.69 Å². The zero-order valence-corrected chi connectivity index (χ0v) is 11.9. The molecule has 2 atom stereocenters. The minimum Gasteiger partial charge on any atom is -0.368 e. The van der Waals surface area contributed by atoms with Crippen molar-refractivity contribution in [2.75, 3.05) is 18.5 Å². The number of fused-ring (bicyclic) bond motifs is 1. The van der Waals surface area contributed by atoms with Gasteiger partial charge in [-0.25, -0.2) is 0 Å². The second kappa shape index (κ2) is 6.24. The lowest BCUT2D eigenvalue weighted by atomic mass is 10.1. The molecular weight excluding hydrogens is 220 g/mol. The summed E-state index contributed by atoms with van der Waals surface area (Å²) < 4.78 is 0. The summed E-state index contributed by atoms with van der Waals surface area (Å²) in [6.45, 7) is 5.79. The summed E-state index contributed by atoms with van der Waals surface area (Å²) >= 11 is 0. The maximum atomic E-state index is 3.39. The molecule has 2 rings (SSSR count). The van der Waals surface area contributed by atoms with Gasteiger partial charge in [-0.1, -0.05) is 25.1 Å². The number of nitrogens with one attached hydrogen (secondary N) is 1. The molecule has 1 N–H and O–H groups in total. The summed E-state index contributed by atoms with van der Waals surface area (Å²) in [4.78, 5) is 2.58. The standard InChI is InChI=1S/C16H26N2/c1-4-15(17-3)9-7-11-18-13(2)12-14-8-5-6-10-16(14)18/h5-6,8,10,13,15,17H,4,7,9,11-12H2,1-3H3. The van der Waals surface area contributed by atoms with Crippen LogP contribution in [0.5, 0.6) is 0 Å². The van der Waals surface area contributed by atoms with E-state index in [4.69, 9.17) is 0 Å². The molecule has 0 radical (unpaired) electrons. The summed E-state index contributed by atoms with van der Waals surface area (Å²) in [5.74, 6) is 0. The van der Waals surface area contributed by atoms with Gasteiger partial charge in [0.05, 0.1) is 0 Å². The van der Waals surface area contributed by atoms with Crippen LogP contribution in [0.25, 0.3) is 0 Å². The average molecular weight is 246 g/mol. The maximum absolute atomic E-state index is 3.39. The Morgan fingerprint density at radius 1 is 1.39 bits per heavy atom. The van der Waals surface area contributed by atoms with Gasteiger partial charge in [0.15, 0.2) is 0 Å². The summed E-state index contributed by atoms with van der Waals surface area (Å²) in [5, 5.41) is 3.39. The van der Waals surface area contributed by atoms with Crippen molar-refractivity contribution in [1.82, 2.24) is 5.32 Å². The van der Waals surface area contributed by atoms with E-state index >= 15 is 0 Å². The van der Waals surface area contributed by atoms with E-state index in [-0.39, 0.29) is 0 Å². The number of para-hydroxylation sites is 1. The van der Waals surface area contributed by atoms with Crippen LogP contribution in [0.2, 0.25) is 0 Å². The lowest BCUT2D eigenvalue weighted by Crippen LogP contribution is -2.32. The molecule has 2 nitrogen and oxygen atoms in total. The highest BCUT2D eigenvalue weighted by molar-refractivity contribution is 5.59. The highest BCUT2D eigenvalue weighted by atomic mass is 15.2. The van der Waals surface area contributed by atoms with Crippen molar-refractivity contribution in [2.45, 2.75) is 51.6 Å². The Morgan fingerprint density at radius 2 is 2.17 bits per heavy atom. The predicted octanol–water partition coefficient (Wildman–Crippen LogP) is 3.22. The molecule has 1 aromatic carbocycles. The van der Waals surface area contributed by atoms with E-state index < -0.39 is 0 Å². The molecule has 1 aliphatic heterocycles. The lowest BCUT2D eigenvalue weighted by Gasteiger charge is -2.25. The highest BCUT2D eigenvalue weighted by Crippen LogP contribution is 2.31. The van der Waals surface area contributed by atoms with Crippen LogP contribution >= 0.6 is 0 Å². The fraction of sp³-hybridized carbons (Fsp3) is 0.625. The number of hydrogen-bond donors (Lipinski definition) is 1. The first kappa shape index (κ1) is 13.4. The Hall–Kier alpha value is -1.02. The fourth-order valence-corrected chi connectivity index (χ4v) is 3.03. The van der Waals surface area contributed by atoms with Gasteiger partial charge in [-0.15, -0.1) is 0 Å². The Bertz CT molecular complexity index is 371. The van der Waals surface area contributed by atoms with Crippen molar-refractivity contribution in [2.24, 2.45) is 0 Å². The van der Waals surface area contributed by atoms with E-state index in [1.807, 2.05) is 0 Å². The Morgan fingerprint density at radius 3 is 2.89 bits per heavy atom. The first-order chi connectivity index (χ1) is 8.76. The number of nitrogens with zero attached hydrogens (tertiary/aromatic N) is 1.